The molecular formula is C17H8BrNO. The van der Waals surface area contributed by atoms with Crippen LogP contribution in [0.3, 0.4) is 0 Å². The predicted octanol–water partition coefficient (Wildman–Crippen LogP) is 5.37. The molecule has 0 saturated carbocycles. The molecule has 3 heteroatoms. The highest BCUT2D eigenvalue weighted by Gasteiger charge is 2.14. The number of hydrogen-bond acceptors (Lipinski definition) is 2. The molecule has 1 aromatic heterocycles. The van der Waals surface area contributed by atoms with Crippen LogP contribution in [0.1, 0.15) is 5.56 Å². The van der Waals surface area contributed by atoms with Crippen molar-refractivity contribution in [3.63, 3.8) is 0 Å². The van der Waals surface area contributed by atoms with Crippen LogP contribution in [0.15, 0.2) is 57.4 Å². The fourth-order valence-electron chi connectivity index (χ4n) is 2.66. The van der Waals surface area contributed by atoms with Crippen molar-refractivity contribution in [3.05, 3.63) is 58.6 Å². The first-order chi connectivity index (χ1) is 9.78. The maximum absolute atomic E-state index is 9.49. The summed E-state index contributed by atoms with van der Waals surface area (Å²) >= 11 is 3.48. The molecule has 4 rings (SSSR count). The zero-order valence-electron chi connectivity index (χ0n) is 10.4. The Morgan fingerprint density at radius 1 is 0.950 bits per heavy atom. The van der Waals surface area contributed by atoms with Gasteiger partial charge in [-0.25, -0.2) is 0 Å². The van der Waals surface area contributed by atoms with E-state index in [2.05, 4.69) is 28.1 Å². The molecule has 0 bridgehead atoms. The Morgan fingerprint density at radius 3 is 2.65 bits per heavy atom. The van der Waals surface area contributed by atoms with Crippen LogP contribution in [0.2, 0.25) is 0 Å². The van der Waals surface area contributed by atoms with E-state index >= 15 is 0 Å². The van der Waals surface area contributed by atoms with E-state index in [-0.39, 0.29) is 0 Å². The summed E-state index contributed by atoms with van der Waals surface area (Å²) in [7, 11) is 0. The number of nitrogens with zero attached hydrogens (tertiary/aromatic N) is 1. The molecule has 0 saturated heterocycles. The van der Waals surface area contributed by atoms with Crippen LogP contribution < -0.4 is 0 Å². The number of furan rings is 1. The normalized spacial score (nSPS) is 11.2. The second kappa shape index (κ2) is 4.09. The molecule has 0 aliphatic heterocycles. The van der Waals surface area contributed by atoms with Crippen molar-refractivity contribution in [1.29, 1.82) is 5.26 Å². The van der Waals surface area contributed by atoms with Gasteiger partial charge in [0, 0.05) is 20.6 Å². The first-order valence-electron chi connectivity index (χ1n) is 6.21. The van der Waals surface area contributed by atoms with Crippen LogP contribution in [0.5, 0.6) is 0 Å². The summed E-state index contributed by atoms with van der Waals surface area (Å²) < 4.78 is 6.89. The molecule has 0 aliphatic rings. The highest BCUT2D eigenvalue weighted by Crippen LogP contribution is 2.36. The topological polar surface area (TPSA) is 36.9 Å². The summed E-state index contributed by atoms with van der Waals surface area (Å²) in [6, 6.07) is 18.2. The maximum atomic E-state index is 9.49. The smallest absolute Gasteiger partial charge is 0.153 e. The molecule has 94 valence electrons. The SMILES string of the molecule is N#Cc1c2ccccc2cc2c1oc1ccc(Br)cc12. The van der Waals surface area contributed by atoms with Gasteiger partial charge >= 0.3 is 0 Å². The molecule has 0 fully saturated rings. The van der Waals surface area contributed by atoms with Gasteiger partial charge in [0.15, 0.2) is 5.58 Å². The predicted molar refractivity (Wildman–Crippen MR) is 83.6 cm³/mol. The molecule has 2 nitrogen and oxygen atoms in total. The van der Waals surface area contributed by atoms with Crippen LogP contribution in [-0.4, -0.2) is 0 Å². The summed E-state index contributed by atoms with van der Waals surface area (Å²) in [4.78, 5) is 0. The second-order valence-electron chi connectivity index (χ2n) is 4.70. The van der Waals surface area contributed by atoms with Crippen LogP contribution >= 0.6 is 15.9 Å². The van der Waals surface area contributed by atoms with Crippen molar-refractivity contribution in [1.82, 2.24) is 0 Å². The lowest BCUT2D eigenvalue weighted by Gasteiger charge is -2.00. The molecule has 0 N–H and O–H groups in total. The zero-order chi connectivity index (χ0) is 13.7. The van der Waals surface area contributed by atoms with Crippen LogP contribution in [0.25, 0.3) is 32.7 Å². The highest BCUT2D eigenvalue weighted by molar-refractivity contribution is 9.10. The quantitative estimate of drug-likeness (QED) is 0.436. The van der Waals surface area contributed by atoms with E-state index in [0.717, 1.165) is 31.6 Å². The van der Waals surface area contributed by atoms with E-state index in [4.69, 9.17) is 4.42 Å². The Balaban J connectivity index is 2.33. The van der Waals surface area contributed by atoms with Gasteiger partial charge < -0.3 is 4.42 Å². The van der Waals surface area contributed by atoms with E-state index in [0.29, 0.717) is 11.1 Å². The molecule has 3 aromatic carbocycles. The Hall–Kier alpha value is -2.31. The van der Waals surface area contributed by atoms with E-state index in [1.54, 1.807) is 0 Å². The minimum absolute atomic E-state index is 0.602. The lowest BCUT2D eigenvalue weighted by atomic mass is 10.0. The standard InChI is InChI=1S/C17H8BrNO/c18-11-5-6-16-13(8-11)14-7-10-3-1-2-4-12(10)15(9-19)17(14)20-16/h1-8H. The number of fused-ring (bicyclic) bond motifs is 4. The molecule has 4 aromatic rings. The van der Waals surface area contributed by atoms with Crippen molar-refractivity contribution >= 4 is 48.6 Å². The van der Waals surface area contributed by atoms with Gasteiger partial charge in [0.2, 0.25) is 0 Å². The minimum Gasteiger partial charge on any atom is -0.455 e. The molecule has 1 heterocycles. The number of nitriles is 1. The van der Waals surface area contributed by atoms with Crippen molar-refractivity contribution in [2.24, 2.45) is 0 Å². The third kappa shape index (κ3) is 1.49. The van der Waals surface area contributed by atoms with Gasteiger partial charge in [-0.15, -0.1) is 0 Å². The van der Waals surface area contributed by atoms with E-state index in [9.17, 15) is 5.26 Å². The van der Waals surface area contributed by atoms with Crippen LogP contribution in [0.4, 0.5) is 0 Å². The lowest BCUT2D eigenvalue weighted by Crippen LogP contribution is -1.81. The van der Waals surface area contributed by atoms with Gasteiger partial charge in [-0.1, -0.05) is 40.2 Å². The minimum atomic E-state index is 0.602. The third-order valence-electron chi connectivity index (χ3n) is 3.56. The summed E-state index contributed by atoms with van der Waals surface area (Å²) in [5.41, 5.74) is 2.07. The summed E-state index contributed by atoms with van der Waals surface area (Å²) in [5, 5.41) is 13.5. The summed E-state index contributed by atoms with van der Waals surface area (Å²) in [5.74, 6) is 0. The molecule has 0 atom stereocenters. The number of benzene rings is 3. The van der Waals surface area contributed by atoms with E-state index in [1.807, 2.05) is 42.5 Å². The number of hydrogen-bond donors (Lipinski definition) is 0. The van der Waals surface area contributed by atoms with E-state index < -0.39 is 0 Å². The van der Waals surface area contributed by atoms with Gasteiger partial charge in [0.05, 0.1) is 0 Å². The number of rotatable bonds is 0. The average Bonchev–Trinajstić information content (AvgIpc) is 2.82. The Morgan fingerprint density at radius 2 is 1.80 bits per heavy atom. The maximum Gasteiger partial charge on any atom is 0.153 e. The fraction of sp³-hybridized carbons (Fsp3) is 0. The Bertz CT molecular complexity index is 1020. The van der Waals surface area contributed by atoms with E-state index in [1.165, 1.54) is 0 Å². The summed E-state index contributed by atoms with van der Waals surface area (Å²) in [6.45, 7) is 0. The van der Waals surface area contributed by atoms with Crippen molar-refractivity contribution in [2.75, 3.05) is 0 Å². The average molecular weight is 322 g/mol. The highest BCUT2D eigenvalue weighted by atomic mass is 79.9. The van der Waals surface area contributed by atoms with Crippen molar-refractivity contribution in [3.8, 4) is 6.07 Å². The second-order valence-corrected chi connectivity index (χ2v) is 5.62. The lowest BCUT2D eigenvalue weighted by molar-refractivity contribution is 0.668. The third-order valence-corrected chi connectivity index (χ3v) is 4.05. The van der Waals surface area contributed by atoms with Crippen molar-refractivity contribution in [2.45, 2.75) is 0 Å². The zero-order valence-corrected chi connectivity index (χ0v) is 11.9. The molecule has 0 radical (unpaired) electrons. The van der Waals surface area contributed by atoms with Gasteiger partial charge in [0.25, 0.3) is 0 Å². The van der Waals surface area contributed by atoms with Gasteiger partial charge in [0.1, 0.15) is 17.2 Å². The Labute approximate surface area is 123 Å². The van der Waals surface area contributed by atoms with Gasteiger partial charge in [-0.3, -0.25) is 0 Å². The molecular weight excluding hydrogens is 314 g/mol. The molecule has 0 aliphatic carbocycles. The van der Waals surface area contributed by atoms with Crippen LogP contribution in [0, 0.1) is 11.3 Å². The summed E-state index contributed by atoms with van der Waals surface area (Å²) in [6.07, 6.45) is 0. The molecule has 0 unspecified atom stereocenters. The largest absolute Gasteiger partial charge is 0.455 e. The van der Waals surface area contributed by atoms with Gasteiger partial charge in [-0.2, -0.15) is 5.26 Å². The first kappa shape index (κ1) is 11.5. The number of halogens is 1. The molecule has 0 amide bonds. The van der Waals surface area contributed by atoms with Crippen LogP contribution in [-0.2, 0) is 0 Å². The monoisotopic (exact) mass is 321 g/mol. The first-order valence-corrected chi connectivity index (χ1v) is 7.01. The fourth-order valence-corrected chi connectivity index (χ4v) is 3.02. The molecule has 20 heavy (non-hydrogen) atoms. The van der Waals surface area contributed by atoms with Crippen molar-refractivity contribution < 1.29 is 4.42 Å². The molecule has 0 spiro atoms. The Kier molecular flexibility index (Phi) is 2.35. The van der Waals surface area contributed by atoms with Gasteiger partial charge in [-0.05, 0) is 29.7 Å².